The van der Waals surface area contributed by atoms with Crippen molar-refractivity contribution in [3.05, 3.63) is 86.7 Å². The van der Waals surface area contributed by atoms with E-state index in [-0.39, 0.29) is 12.6 Å². The van der Waals surface area contributed by atoms with Gasteiger partial charge in [-0.1, -0.05) is 28.1 Å². The maximum atomic E-state index is 11.5. The minimum Gasteiger partial charge on any atom is -0.482 e. The minimum atomic E-state index is -0.362. The van der Waals surface area contributed by atoms with Gasteiger partial charge in [0.15, 0.2) is 6.61 Å². The number of ether oxygens (including phenoxy) is 2. The van der Waals surface area contributed by atoms with E-state index in [1.165, 1.54) is 4.88 Å². The summed E-state index contributed by atoms with van der Waals surface area (Å²) in [5.41, 5.74) is 2.95. The van der Waals surface area contributed by atoms with Crippen LogP contribution in [0.3, 0.4) is 0 Å². The van der Waals surface area contributed by atoms with Gasteiger partial charge in [-0.25, -0.2) is 4.79 Å². The number of thioether (sulfide) groups is 1. The topological polar surface area (TPSA) is 48.7 Å². The van der Waals surface area contributed by atoms with E-state index in [0.29, 0.717) is 12.4 Å². The molecular weight excluding hydrogens is 520 g/mol. The molecule has 4 aromatic rings. The first kappa shape index (κ1) is 23.7. The lowest BCUT2D eigenvalue weighted by atomic mass is 10.1. The van der Waals surface area contributed by atoms with E-state index >= 15 is 0 Å². The molecule has 0 aliphatic rings. The van der Waals surface area contributed by atoms with Gasteiger partial charge in [-0.05, 0) is 73.3 Å². The van der Waals surface area contributed by atoms with Crippen LogP contribution in [0.25, 0.3) is 16.5 Å². The van der Waals surface area contributed by atoms with Gasteiger partial charge in [0.1, 0.15) is 17.1 Å². The van der Waals surface area contributed by atoms with Gasteiger partial charge in [0.2, 0.25) is 0 Å². The molecule has 4 nitrogen and oxygen atoms in total. The van der Waals surface area contributed by atoms with Crippen molar-refractivity contribution in [3.8, 4) is 5.75 Å². The number of thiophene rings is 1. The highest BCUT2D eigenvalue weighted by atomic mass is 79.9. The van der Waals surface area contributed by atoms with Crippen LogP contribution < -0.4 is 4.74 Å². The number of hydrogen-bond donors (Lipinski definition) is 0. The summed E-state index contributed by atoms with van der Waals surface area (Å²) in [6.07, 6.45) is 2.21. The molecule has 2 aromatic heterocycles. The minimum absolute atomic E-state index is 0.0812. The number of esters is 1. The van der Waals surface area contributed by atoms with E-state index < -0.39 is 0 Å². The van der Waals surface area contributed by atoms with Crippen molar-refractivity contribution in [3.63, 3.8) is 0 Å². The Labute approximate surface area is 209 Å². The summed E-state index contributed by atoms with van der Waals surface area (Å²) < 4.78 is 17.7. The molecule has 0 saturated carbocycles. The van der Waals surface area contributed by atoms with E-state index in [0.717, 1.165) is 43.0 Å². The van der Waals surface area contributed by atoms with Gasteiger partial charge >= 0.3 is 5.97 Å². The highest BCUT2D eigenvalue weighted by molar-refractivity contribution is 9.10. The van der Waals surface area contributed by atoms with E-state index in [1.807, 2.05) is 31.2 Å². The van der Waals surface area contributed by atoms with Crippen molar-refractivity contribution in [1.82, 2.24) is 0 Å². The summed E-state index contributed by atoms with van der Waals surface area (Å²) >= 11 is 6.97. The predicted molar refractivity (Wildman–Crippen MR) is 139 cm³/mol. The molecule has 2 heterocycles. The molecule has 33 heavy (non-hydrogen) atoms. The van der Waals surface area contributed by atoms with Gasteiger partial charge in [0.05, 0.1) is 6.61 Å². The fourth-order valence-electron chi connectivity index (χ4n) is 3.34. The van der Waals surface area contributed by atoms with Crippen LogP contribution in [0.4, 0.5) is 0 Å². The second-order valence-corrected chi connectivity index (χ2v) is 10.2. The van der Waals surface area contributed by atoms with Crippen molar-refractivity contribution < 1.29 is 18.7 Å². The lowest BCUT2D eigenvalue weighted by molar-refractivity contribution is -0.145. The Kier molecular flexibility index (Phi) is 7.96. The normalized spacial score (nSPS) is 11.7. The fraction of sp³-hybridized carbons (Fsp3) is 0.192. The zero-order valence-corrected chi connectivity index (χ0v) is 21.5. The number of halogens is 1. The van der Waals surface area contributed by atoms with Crippen molar-refractivity contribution in [2.75, 3.05) is 19.0 Å². The number of benzene rings is 2. The SMILES string of the molecule is CCOC(=O)COc1ccc(SCC=C(c2cc3cc(Br)ccc3o2)c2cccs2)cc1C. The summed E-state index contributed by atoms with van der Waals surface area (Å²) in [5.74, 6) is 1.98. The molecule has 0 unspecified atom stereocenters. The summed E-state index contributed by atoms with van der Waals surface area (Å²) in [6.45, 7) is 4.02. The molecule has 0 bridgehead atoms. The van der Waals surface area contributed by atoms with Crippen LogP contribution >= 0.6 is 39.0 Å². The number of rotatable bonds is 9. The van der Waals surface area contributed by atoms with Crippen molar-refractivity contribution >= 4 is 61.5 Å². The van der Waals surface area contributed by atoms with Crippen LogP contribution in [0, 0.1) is 6.92 Å². The molecule has 0 N–H and O–H groups in total. The maximum absolute atomic E-state index is 11.5. The molecule has 0 fully saturated rings. The van der Waals surface area contributed by atoms with Crippen LogP contribution in [0.15, 0.2) is 79.8 Å². The van der Waals surface area contributed by atoms with Crippen molar-refractivity contribution in [1.29, 1.82) is 0 Å². The fourth-order valence-corrected chi connectivity index (χ4v) is 5.35. The molecule has 0 atom stereocenters. The summed E-state index contributed by atoms with van der Waals surface area (Å²) in [4.78, 5) is 13.8. The van der Waals surface area contributed by atoms with E-state index in [9.17, 15) is 4.79 Å². The third-order valence-electron chi connectivity index (χ3n) is 4.87. The average molecular weight is 544 g/mol. The summed E-state index contributed by atoms with van der Waals surface area (Å²) in [7, 11) is 0. The van der Waals surface area contributed by atoms with Gasteiger partial charge in [-0.15, -0.1) is 23.1 Å². The molecule has 0 amide bonds. The smallest absolute Gasteiger partial charge is 0.344 e. The molecule has 0 spiro atoms. The first-order valence-corrected chi connectivity index (χ1v) is 13.1. The quantitative estimate of drug-likeness (QED) is 0.160. The molecule has 7 heteroatoms. The Bertz CT molecular complexity index is 1270. The molecule has 4 rings (SSSR count). The molecular formula is C26H23BrO4S2. The van der Waals surface area contributed by atoms with Crippen LogP contribution in [-0.2, 0) is 9.53 Å². The van der Waals surface area contributed by atoms with Gasteiger partial charge in [0.25, 0.3) is 0 Å². The second-order valence-electron chi connectivity index (χ2n) is 7.22. The van der Waals surface area contributed by atoms with Gasteiger partial charge in [0, 0.05) is 31.0 Å². The summed E-state index contributed by atoms with van der Waals surface area (Å²) in [5, 5.41) is 3.15. The summed E-state index contributed by atoms with van der Waals surface area (Å²) in [6, 6.07) is 18.3. The van der Waals surface area contributed by atoms with Crippen LogP contribution in [0.1, 0.15) is 23.1 Å². The van der Waals surface area contributed by atoms with E-state index in [2.05, 4.69) is 57.7 Å². The largest absolute Gasteiger partial charge is 0.482 e. The zero-order valence-electron chi connectivity index (χ0n) is 18.3. The Morgan fingerprint density at radius 1 is 1.18 bits per heavy atom. The van der Waals surface area contributed by atoms with E-state index in [4.69, 9.17) is 13.9 Å². The number of carbonyl (C=O) groups is 1. The highest BCUT2D eigenvalue weighted by Crippen LogP contribution is 2.34. The zero-order chi connectivity index (χ0) is 23.2. The van der Waals surface area contributed by atoms with Gasteiger partial charge in [-0.3, -0.25) is 0 Å². The Morgan fingerprint density at radius 2 is 2.06 bits per heavy atom. The number of fused-ring (bicyclic) bond motifs is 1. The Balaban J connectivity index is 1.48. The number of furan rings is 1. The molecule has 0 aliphatic carbocycles. The van der Waals surface area contributed by atoms with Crippen LogP contribution in [0.2, 0.25) is 0 Å². The number of carbonyl (C=O) groups excluding carboxylic acids is 1. The number of hydrogen-bond acceptors (Lipinski definition) is 6. The molecule has 0 saturated heterocycles. The lowest BCUT2D eigenvalue weighted by Crippen LogP contribution is -2.14. The molecule has 2 aromatic carbocycles. The highest BCUT2D eigenvalue weighted by Gasteiger charge is 2.13. The standard InChI is InChI=1S/C26H23BrO4S2/c1-3-29-26(28)16-30-22-9-7-20(13-17(22)2)32-12-10-21(25-5-4-11-33-25)24-15-18-14-19(27)6-8-23(18)31-24/h4-11,13-15H,3,12,16H2,1-2H3. The van der Waals surface area contributed by atoms with E-state index in [1.54, 1.807) is 30.0 Å². The average Bonchev–Trinajstić information content (AvgIpc) is 3.46. The third kappa shape index (κ3) is 6.10. The van der Waals surface area contributed by atoms with Crippen LogP contribution in [0.5, 0.6) is 5.75 Å². The number of aryl methyl sites for hydroxylation is 1. The molecule has 0 radical (unpaired) electrons. The van der Waals surface area contributed by atoms with Gasteiger partial charge < -0.3 is 13.9 Å². The maximum Gasteiger partial charge on any atom is 0.344 e. The molecule has 0 aliphatic heterocycles. The van der Waals surface area contributed by atoms with Crippen molar-refractivity contribution in [2.24, 2.45) is 0 Å². The Morgan fingerprint density at radius 3 is 2.82 bits per heavy atom. The predicted octanol–water partition coefficient (Wildman–Crippen LogP) is 7.73. The lowest BCUT2D eigenvalue weighted by Gasteiger charge is -2.10. The monoisotopic (exact) mass is 542 g/mol. The third-order valence-corrected chi connectivity index (χ3v) is 7.18. The Hall–Kier alpha value is -2.48. The van der Waals surface area contributed by atoms with Crippen LogP contribution in [-0.4, -0.2) is 24.9 Å². The second kappa shape index (κ2) is 11.1. The first-order chi connectivity index (χ1) is 16.0. The first-order valence-electron chi connectivity index (χ1n) is 10.5. The van der Waals surface area contributed by atoms with Gasteiger partial charge in [-0.2, -0.15) is 0 Å². The molecule has 170 valence electrons. The van der Waals surface area contributed by atoms with Crippen molar-refractivity contribution in [2.45, 2.75) is 18.7 Å².